The molecule has 0 saturated carbocycles. The molecule has 4 heteroatoms. The molecule has 0 aromatic heterocycles. The van der Waals surface area contributed by atoms with Gasteiger partial charge >= 0.3 is 0 Å². The number of carbonyl (C=O) groups is 1. The molecule has 1 aliphatic heterocycles. The Hall–Kier alpha value is -1.06. The van der Waals surface area contributed by atoms with E-state index in [2.05, 4.69) is 17.1 Å². The first-order chi connectivity index (χ1) is 9.19. The first kappa shape index (κ1) is 14.4. The van der Waals surface area contributed by atoms with E-state index in [-0.39, 0.29) is 5.91 Å². The number of benzene rings is 1. The minimum atomic E-state index is 0.0580. The summed E-state index contributed by atoms with van der Waals surface area (Å²) in [5.41, 5.74) is 0.805. The molecule has 2 rings (SSSR count). The highest BCUT2D eigenvalue weighted by Crippen LogP contribution is 2.19. The Balaban J connectivity index is 1.88. The van der Waals surface area contributed by atoms with Crippen LogP contribution in [0.25, 0.3) is 0 Å². The lowest BCUT2D eigenvalue weighted by molar-refractivity contribution is -0.118. The van der Waals surface area contributed by atoms with Crippen LogP contribution in [0.1, 0.15) is 32.6 Å². The highest BCUT2D eigenvalue weighted by molar-refractivity contribution is 6.30. The molecule has 0 spiro atoms. The normalized spacial score (nSPS) is 20.2. The van der Waals surface area contributed by atoms with Crippen LogP contribution in [0.3, 0.4) is 0 Å². The van der Waals surface area contributed by atoms with Crippen molar-refractivity contribution < 1.29 is 4.79 Å². The molecule has 19 heavy (non-hydrogen) atoms. The molecule has 1 heterocycles. The topological polar surface area (TPSA) is 32.3 Å². The highest BCUT2D eigenvalue weighted by Gasteiger charge is 2.22. The Morgan fingerprint density at radius 1 is 1.37 bits per heavy atom. The second-order valence-electron chi connectivity index (χ2n) is 5.08. The van der Waals surface area contributed by atoms with Crippen LogP contribution < -0.4 is 5.32 Å². The number of carbonyl (C=O) groups excluding carboxylic acids is 1. The van der Waals surface area contributed by atoms with Gasteiger partial charge in [0.25, 0.3) is 0 Å². The number of halogens is 1. The molecule has 1 unspecified atom stereocenters. The van der Waals surface area contributed by atoms with Crippen molar-refractivity contribution in [2.75, 3.05) is 18.4 Å². The number of hydrogen-bond donors (Lipinski definition) is 1. The third-order valence-corrected chi connectivity index (χ3v) is 3.95. The number of nitrogens with one attached hydrogen (secondary N) is 1. The van der Waals surface area contributed by atoms with Crippen molar-refractivity contribution in [3.63, 3.8) is 0 Å². The largest absolute Gasteiger partial charge is 0.325 e. The maximum absolute atomic E-state index is 12.0. The fourth-order valence-corrected chi connectivity index (χ4v) is 2.77. The maximum atomic E-state index is 12.0. The molecule has 1 aromatic rings. The molecule has 0 aliphatic carbocycles. The summed E-state index contributed by atoms with van der Waals surface area (Å²) in [7, 11) is 0. The van der Waals surface area contributed by atoms with Gasteiger partial charge in [-0.15, -0.1) is 0 Å². The predicted molar refractivity (Wildman–Crippen MR) is 79.6 cm³/mol. The van der Waals surface area contributed by atoms with Crippen LogP contribution in [0.5, 0.6) is 0 Å². The quantitative estimate of drug-likeness (QED) is 0.915. The summed E-state index contributed by atoms with van der Waals surface area (Å²) in [6.45, 7) is 3.72. The summed E-state index contributed by atoms with van der Waals surface area (Å²) < 4.78 is 0. The van der Waals surface area contributed by atoms with Crippen molar-refractivity contribution in [3.05, 3.63) is 29.3 Å². The van der Waals surface area contributed by atoms with Crippen molar-refractivity contribution in [1.29, 1.82) is 0 Å². The number of hydrogen-bond acceptors (Lipinski definition) is 2. The van der Waals surface area contributed by atoms with Crippen LogP contribution in [0.2, 0.25) is 5.02 Å². The smallest absolute Gasteiger partial charge is 0.238 e. The second-order valence-corrected chi connectivity index (χ2v) is 5.52. The van der Waals surface area contributed by atoms with Crippen LogP contribution in [-0.4, -0.2) is 29.9 Å². The monoisotopic (exact) mass is 280 g/mol. The van der Waals surface area contributed by atoms with Gasteiger partial charge in [0, 0.05) is 16.8 Å². The molecular formula is C15H21ClN2O. The van der Waals surface area contributed by atoms with Crippen LogP contribution in [0.15, 0.2) is 24.3 Å². The Bertz CT molecular complexity index is 419. The lowest BCUT2D eigenvalue weighted by atomic mass is 10.0. The molecule has 1 aromatic carbocycles. The average molecular weight is 281 g/mol. The minimum absolute atomic E-state index is 0.0580. The molecular weight excluding hydrogens is 260 g/mol. The third kappa shape index (κ3) is 4.22. The lowest BCUT2D eigenvalue weighted by Crippen LogP contribution is -2.43. The summed E-state index contributed by atoms with van der Waals surface area (Å²) in [6, 6.07) is 7.78. The van der Waals surface area contributed by atoms with E-state index >= 15 is 0 Å². The van der Waals surface area contributed by atoms with E-state index in [1.54, 1.807) is 12.1 Å². The van der Waals surface area contributed by atoms with E-state index < -0.39 is 0 Å². The van der Waals surface area contributed by atoms with Gasteiger partial charge in [-0.05, 0) is 50.1 Å². The second kappa shape index (κ2) is 6.92. The van der Waals surface area contributed by atoms with Crippen LogP contribution in [0.4, 0.5) is 5.69 Å². The summed E-state index contributed by atoms with van der Waals surface area (Å²) in [4.78, 5) is 14.3. The van der Waals surface area contributed by atoms with E-state index in [1.165, 1.54) is 19.3 Å². The lowest BCUT2D eigenvalue weighted by Gasteiger charge is -2.34. The van der Waals surface area contributed by atoms with E-state index in [0.717, 1.165) is 18.7 Å². The van der Waals surface area contributed by atoms with Crippen molar-refractivity contribution in [3.8, 4) is 0 Å². The van der Waals surface area contributed by atoms with Gasteiger partial charge in [0.05, 0.1) is 6.54 Å². The van der Waals surface area contributed by atoms with Crippen molar-refractivity contribution in [2.45, 2.75) is 38.6 Å². The van der Waals surface area contributed by atoms with E-state index in [1.807, 2.05) is 12.1 Å². The van der Waals surface area contributed by atoms with E-state index in [9.17, 15) is 4.79 Å². The summed E-state index contributed by atoms with van der Waals surface area (Å²) in [6.07, 6.45) is 4.82. The van der Waals surface area contributed by atoms with Crippen LogP contribution >= 0.6 is 11.6 Å². The van der Waals surface area contributed by atoms with Gasteiger partial charge in [-0.2, -0.15) is 0 Å². The summed E-state index contributed by atoms with van der Waals surface area (Å²) >= 11 is 5.82. The number of piperidine rings is 1. The average Bonchev–Trinajstić information content (AvgIpc) is 2.42. The Morgan fingerprint density at radius 2 is 2.11 bits per heavy atom. The van der Waals surface area contributed by atoms with Crippen LogP contribution in [-0.2, 0) is 4.79 Å². The number of anilines is 1. The summed E-state index contributed by atoms with van der Waals surface area (Å²) in [5.74, 6) is 0.0580. The number of nitrogens with zero attached hydrogens (tertiary/aromatic N) is 1. The van der Waals surface area contributed by atoms with Gasteiger partial charge in [0.1, 0.15) is 0 Å². The molecule has 0 radical (unpaired) electrons. The molecule has 0 bridgehead atoms. The van der Waals surface area contributed by atoms with E-state index in [4.69, 9.17) is 11.6 Å². The van der Waals surface area contributed by atoms with Crippen molar-refractivity contribution in [1.82, 2.24) is 4.90 Å². The van der Waals surface area contributed by atoms with Gasteiger partial charge < -0.3 is 5.32 Å². The zero-order valence-electron chi connectivity index (χ0n) is 11.4. The zero-order valence-corrected chi connectivity index (χ0v) is 12.1. The molecule has 3 nitrogen and oxygen atoms in total. The molecule has 1 saturated heterocycles. The highest BCUT2D eigenvalue weighted by atomic mass is 35.5. The Labute approximate surface area is 119 Å². The number of rotatable bonds is 4. The fraction of sp³-hybridized carbons (Fsp3) is 0.533. The third-order valence-electron chi connectivity index (χ3n) is 3.69. The standard InChI is InChI=1S/C15H21ClN2O/c1-2-14-5-3-4-10-18(14)11-15(19)17-13-8-6-12(16)7-9-13/h6-9,14H,2-5,10-11H2,1H3,(H,17,19). The predicted octanol–water partition coefficient (Wildman–Crippen LogP) is 3.54. The Kier molecular flexibility index (Phi) is 5.23. The molecule has 104 valence electrons. The Morgan fingerprint density at radius 3 is 2.79 bits per heavy atom. The SMILES string of the molecule is CCC1CCCCN1CC(=O)Nc1ccc(Cl)cc1. The van der Waals surface area contributed by atoms with Crippen LogP contribution in [0, 0.1) is 0 Å². The van der Waals surface area contributed by atoms with Gasteiger partial charge in [0.2, 0.25) is 5.91 Å². The fourth-order valence-electron chi connectivity index (χ4n) is 2.65. The minimum Gasteiger partial charge on any atom is -0.325 e. The molecule has 1 atom stereocenters. The first-order valence-electron chi connectivity index (χ1n) is 6.98. The zero-order chi connectivity index (χ0) is 13.7. The van der Waals surface area contributed by atoms with Crippen molar-refractivity contribution in [2.24, 2.45) is 0 Å². The molecule has 1 fully saturated rings. The van der Waals surface area contributed by atoms with Crippen molar-refractivity contribution >= 4 is 23.2 Å². The molecule has 1 aliphatic rings. The number of likely N-dealkylation sites (tertiary alicyclic amines) is 1. The summed E-state index contributed by atoms with van der Waals surface area (Å²) in [5, 5.41) is 3.60. The van der Waals surface area contributed by atoms with Gasteiger partial charge in [-0.25, -0.2) is 0 Å². The van der Waals surface area contributed by atoms with Gasteiger partial charge in [-0.3, -0.25) is 9.69 Å². The van der Waals surface area contributed by atoms with Gasteiger partial charge in [-0.1, -0.05) is 24.9 Å². The number of amides is 1. The van der Waals surface area contributed by atoms with E-state index in [0.29, 0.717) is 17.6 Å². The molecule has 1 N–H and O–H groups in total. The first-order valence-corrected chi connectivity index (χ1v) is 7.36. The molecule has 1 amide bonds. The maximum Gasteiger partial charge on any atom is 0.238 e. The van der Waals surface area contributed by atoms with Gasteiger partial charge in [0.15, 0.2) is 0 Å².